The van der Waals surface area contributed by atoms with Gasteiger partial charge in [-0.25, -0.2) is 0 Å². The van der Waals surface area contributed by atoms with E-state index in [0.717, 1.165) is 11.3 Å². The Kier molecular flexibility index (Phi) is 6.33. The number of ether oxygens (including phenoxy) is 3. The van der Waals surface area contributed by atoms with Crippen molar-refractivity contribution >= 4 is 5.91 Å². The normalized spacial score (nSPS) is 10.5. The van der Waals surface area contributed by atoms with Gasteiger partial charge in [0.05, 0.1) is 39.9 Å². The summed E-state index contributed by atoms with van der Waals surface area (Å²) in [5, 5.41) is 4.01. The first-order valence-electron chi connectivity index (χ1n) is 8.96. The summed E-state index contributed by atoms with van der Waals surface area (Å²) in [7, 11) is 6.45. The van der Waals surface area contributed by atoms with Crippen molar-refractivity contribution in [1.82, 2.24) is 15.0 Å². The zero-order valence-corrected chi connectivity index (χ0v) is 16.8. The van der Waals surface area contributed by atoms with Crippen LogP contribution in [0.25, 0.3) is 11.4 Å². The highest BCUT2D eigenvalue weighted by atomic mass is 16.5. The summed E-state index contributed by atoms with van der Waals surface area (Å²) >= 11 is 0. The summed E-state index contributed by atoms with van der Waals surface area (Å²) in [4.78, 5) is 18.4. The van der Waals surface area contributed by atoms with E-state index in [4.69, 9.17) is 18.7 Å². The molecule has 0 saturated heterocycles. The first kappa shape index (κ1) is 20.2. The number of hydrogen-bond acceptors (Lipinski definition) is 7. The maximum absolute atomic E-state index is 12.5. The van der Waals surface area contributed by atoms with Crippen LogP contribution in [0.2, 0.25) is 0 Å². The minimum absolute atomic E-state index is 0.0584. The second-order valence-corrected chi connectivity index (χ2v) is 6.35. The van der Waals surface area contributed by atoms with Gasteiger partial charge in [-0.2, -0.15) is 4.98 Å². The molecular formula is C21H23N3O5. The van der Waals surface area contributed by atoms with E-state index < -0.39 is 0 Å². The van der Waals surface area contributed by atoms with Gasteiger partial charge in [0.1, 0.15) is 17.2 Å². The summed E-state index contributed by atoms with van der Waals surface area (Å²) < 4.78 is 21.0. The number of aromatic nitrogens is 2. The lowest BCUT2D eigenvalue weighted by Crippen LogP contribution is -2.27. The van der Waals surface area contributed by atoms with Crippen molar-refractivity contribution in [2.24, 2.45) is 0 Å². The number of benzene rings is 2. The van der Waals surface area contributed by atoms with Gasteiger partial charge in [-0.1, -0.05) is 17.3 Å². The van der Waals surface area contributed by atoms with Gasteiger partial charge >= 0.3 is 0 Å². The van der Waals surface area contributed by atoms with E-state index in [-0.39, 0.29) is 18.9 Å². The molecule has 8 nitrogen and oxygen atoms in total. The van der Waals surface area contributed by atoms with Crippen molar-refractivity contribution < 1.29 is 23.5 Å². The number of rotatable bonds is 8. The number of nitrogens with zero attached hydrogens (tertiary/aromatic N) is 3. The van der Waals surface area contributed by atoms with E-state index in [1.165, 1.54) is 0 Å². The molecule has 0 aliphatic rings. The van der Waals surface area contributed by atoms with Crippen LogP contribution in [0, 0.1) is 0 Å². The lowest BCUT2D eigenvalue weighted by molar-refractivity contribution is -0.130. The molecule has 1 amide bonds. The largest absolute Gasteiger partial charge is 0.497 e. The highest BCUT2D eigenvalue weighted by Crippen LogP contribution is 2.31. The minimum atomic E-state index is -0.0584. The Hall–Kier alpha value is -3.55. The van der Waals surface area contributed by atoms with Gasteiger partial charge in [0, 0.05) is 13.1 Å². The second-order valence-electron chi connectivity index (χ2n) is 6.35. The third kappa shape index (κ3) is 4.84. The van der Waals surface area contributed by atoms with Crippen molar-refractivity contribution in [3.8, 4) is 28.6 Å². The molecule has 0 spiro atoms. The lowest BCUT2D eigenvalue weighted by Gasteiger charge is -2.14. The quantitative estimate of drug-likeness (QED) is 0.577. The molecule has 29 heavy (non-hydrogen) atoms. The van der Waals surface area contributed by atoms with E-state index in [2.05, 4.69) is 10.1 Å². The summed E-state index contributed by atoms with van der Waals surface area (Å²) in [6, 6.07) is 12.7. The van der Waals surface area contributed by atoms with Crippen LogP contribution >= 0.6 is 0 Å². The zero-order chi connectivity index (χ0) is 20.8. The molecule has 152 valence electrons. The first-order chi connectivity index (χ1) is 14.0. The molecule has 3 aromatic rings. The van der Waals surface area contributed by atoms with Gasteiger partial charge in [0.2, 0.25) is 17.6 Å². The summed E-state index contributed by atoms with van der Waals surface area (Å²) in [6.45, 7) is 0.209. The van der Waals surface area contributed by atoms with Crippen LogP contribution in [-0.4, -0.2) is 49.3 Å². The second kappa shape index (κ2) is 9.09. The van der Waals surface area contributed by atoms with Gasteiger partial charge in [-0.05, 0) is 29.8 Å². The number of methoxy groups -OCH3 is 3. The van der Waals surface area contributed by atoms with Crippen molar-refractivity contribution in [3.63, 3.8) is 0 Å². The van der Waals surface area contributed by atoms with Crippen molar-refractivity contribution in [1.29, 1.82) is 0 Å². The maximum Gasteiger partial charge on any atom is 0.246 e. The molecule has 0 aliphatic carbocycles. The van der Waals surface area contributed by atoms with E-state index in [9.17, 15) is 4.79 Å². The highest BCUT2D eigenvalue weighted by molar-refractivity contribution is 5.78. The zero-order valence-electron chi connectivity index (χ0n) is 16.8. The van der Waals surface area contributed by atoms with E-state index in [0.29, 0.717) is 28.8 Å². The Morgan fingerprint density at radius 2 is 1.69 bits per heavy atom. The number of hydrogen-bond donors (Lipinski definition) is 0. The van der Waals surface area contributed by atoms with Crippen LogP contribution in [-0.2, 0) is 17.8 Å². The molecule has 0 fully saturated rings. The molecule has 0 aliphatic heterocycles. The molecule has 0 radical (unpaired) electrons. The van der Waals surface area contributed by atoms with Crippen molar-refractivity contribution in [2.45, 2.75) is 13.0 Å². The highest BCUT2D eigenvalue weighted by Gasteiger charge is 2.17. The topological polar surface area (TPSA) is 86.9 Å². The maximum atomic E-state index is 12.5. The van der Waals surface area contributed by atoms with Crippen LogP contribution in [0.15, 0.2) is 47.0 Å². The molecule has 0 unspecified atom stereocenters. The Labute approximate surface area is 169 Å². The molecular weight excluding hydrogens is 374 g/mol. The fourth-order valence-corrected chi connectivity index (χ4v) is 2.76. The van der Waals surface area contributed by atoms with Crippen LogP contribution in [0.4, 0.5) is 0 Å². The Balaban J connectivity index is 1.66. The summed E-state index contributed by atoms with van der Waals surface area (Å²) in [5.74, 6) is 2.65. The Bertz CT molecular complexity index is 969. The van der Waals surface area contributed by atoms with Gasteiger partial charge < -0.3 is 23.6 Å². The smallest absolute Gasteiger partial charge is 0.246 e. The van der Waals surface area contributed by atoms with Crippen LogP contribution in [0.1, 0.15) is 11.5 Å². The average molecular weight is 397 g/mol. The van der Waals surface area contributed by atoms with Crippen molar-refractivity contribution in [2.75, 3.05) is 28.4 Å². The number of amides is 1. The van der Waals surface area contributed by atoms with Gasteiger partial charge in [0.15, 0.2) is 0 Å². The Morgan fingerprint density at radius 3 is 2.34 bits per heavy atom. The fourth-order valence-electron chi connectivity index (χ4n) is 2.76. The number of likely N-dealkylation sites (N-methyl/N-ethyl adjacent to an activating group) is 1. The van der Waals surface area contributed by atoms with E-state index in [1.54, 1.807) is 51.5 Å². The minimum Gasteiger partial charge on any atom is -0.497 e. The lowest BCUT2D eigenvalue weighted by atomic mass is 10.1. The monoisotopic (exact) mass is 397 g/mol. The predicted octanol–water partition coefficient (Wildman–Crippen LogP) is 2.96. The molecule has 0 bridgehead atoms. The molecule has 8 heteroatoms. The third-order valence-corrected chi connectivity index (χ3v) is 4.43. The van der Waals surface area contributed by atoms with Crippen LogP contribution in [0.5, 0.6) is 17.2 Å². The van der Waals surface area contributed by atoms with Gasteiger partial charge in [-0.15, -0.1) is 0 Å². The van der Waals surface area contributed by atoms with E-state index in [1.807, 2.05) is 24.3 Å². The Morgan fingerprint density at radius 1 is 1.00 bits per heavy atom. The molecule has 2 aromatic carbocycles. The first-order valence-corrected chi connectivity index (χ1v) is 8.96. The third-order valence-electron chi connectivity index (χ3n) is 4.43. The molecule has 1 heterocycles. The van der Waals surface area contributed by atoms with E-state index >= 15 is 0 Å². The molecule has 3 rings (SSSR count). The fraction of sp³-hybridized carbons (Fsp3) is 0.286. The van der Waals surface area contributed by atoms with Gasteiger partial charge in [-0.3, -0.25) is 4.79 Å². The van der Waals surface area contributed by atoms with Gasteiger partial charge in [0.25, 0.3) is 0 Å². The van der Waals surface area contributed by atoms with Crippen molar-refractivity contribution in [3.05, 3.63) is 53.9 Å². The molecule has 0 N–H and O–H groups in total. The summed E-state index contributed by atoms with van der Waals surface area (Å²) in [5.41, 5.74) is 1.58. The van der Waals surface area contributed by atoms with Crippen LogP contribution < -0.4 is 14.2 Å². The average Bonchev–Trinajstić information content (AvgIpc) is 3.21. The predicted molar refractivity (Wildman–Crippen MR) is 106 cm³/mol. The number of carbonyl (C=O) groups excluding carboxylic acids is 1. The molecule has 1 aromatic heterocycles. The SMILES string of the molecule is COc1ccc(CC(=O)N(C)Cc2nc(-c3ccc(OC)cc3OC)no2)cc1. The molecule has 0 saturated carbocycles. The molecule has 0 atom stereocenters. The number of carbonyl (C=O) groups is 1. The summed E-state index contributed by atoms with van der Waals surface area (Å²) in [6.07, 6.45) is 0.272. The van der Waals surface area contributed by atoms with Crippen LogP contribution in [0.3, 0.4) is 0 Å². The standard InChI is InChI=1S/C21H23N3O5/c1-24(20(25)11-14-5-7-15(26-2)8-6-14)13-19-22-21(23-29-19)17-10-9-16(27-3)12-18(17)28-4/h5-10,12H,11,13H2,1-4H3.